The molecule has 0 atom stereocenters. The van der Waals surface area contributed by atoms with Crippen LogP contribution in [0.2, 0.25) is 0 Å². The van der Waals surface area contributed by atoms with Gasteiger partial charge < -0.3 is 5.32 Å². The van der Waals surface area contributed by atoms with Crippen LogP contribution in [0.5, 0.6) is 0 Å². The summed E-state index contributed by atoms with van der Waals surface area (Å²) in [6.07, 6.45) is 5.05. The van der Waals surface area contributed by atoms with Crippen LogP contribution >= 0.6 is 0 Å². The van der Waals surface area contributed by atoms with Crippen molar-refractivity contribution in [2.75, 3.05) is 33.2 Å². The average Bonchev–Trinajstić information content (AvgIpc) is 2.06. The van der Waals surface area contributed by atoms with Crippen molar-refractivity contribution in [3.8, 4) is 0 Å². The van der Waals surface area contributed by atoms with Crippen LogP contribution in [0.15, 0.2) is 25.3 Å². The average molecular weight is 168 g/mol. The van der Waals surface area contributed by atoms with Gasteiger partial charge in [0, 0.05) is 13.1 Å². The Morgan fingerprint density at radius 3 is 2.25 bits per heavy atom. The van der Waals surface area contributed by atoms with E-state index in [9.17, 15) is 0 Å². The largest absolute Gasteiger partial charge is 0.320 e. The predicted molar refractivity (Wildman–Crippen MR) is 55.4 cm³/mol. The van der Waals surface area contributed by atoms with Gasteiger partial charge in [0.2, 0.25) is 0 Å². The summed E-state index contributed by atoms with van der Waals surface area (Å²) in [6.45, 7) is 11.5. The summed E-state index contributed by atoms with van der Waals surface area (Å²) >= 11 is 0. The summed E-state index contributed by atoms with van der Waals surface area (Å²) in [6, 6.07) is 0. The molecule has 0 aromatic rings. The van der Waals surface area contributed by atoms with Crippen LogP contribution in [-0.4, -0.2) is 38.1 Å². The van der Waals surface area contributed by atoms with Crippen molar-refractivity contribution in [3.63, 3.8) is 0 Å². The Morgan fingerprint density at radius 1 is 1.25 bits per heavy atom. The Bertz CT molecular complexity index is 111. The van der Waals surface area contributed by atoms with Gasteiger partial charge in [0.05, 0.1) is 0 Å². The molecular weight excluding hydrogens is 148 g/mol. The third-order valence-electron chi connectivity index (χ3n) is 1.68. The molecule has 0 heterocycles. The highest BCUT2D eigenvalue weighted by Crippen LogP contribution is 1.91. The molecule has 1 N–H and O–H groups in total. The van der Waals surface area contributed by atoms with E-state index in [1.807, 2.05) is 19.2 Å². The molecule has 0 rings (SSSR count). The molecule has 0 saturated carbocycles. The van der Waals surface area contributed by atoms with Crippen molar-refractivity contribution in [3.05, 3.63) is 25.3 Å². The fourth-order valence-corrected chi connectivity index (χ4v) is 1.10. The van der Waals surface area contributed by atoms with Crippen LogP contribution in [0.3, 0.4) is 0 Å². The summed E-state index contributed by atoms with van der Waals surface area (Å²) in [7, 11) is 1.98. The maximum absolute atomic E-state index is 3.72. The first kappa shape index (κ1) is 11.4. The standard InChI is InChI=1S/C10H20N2/c1-4-8-12(9-5-2)10-6-7-11-3/h4-5,11H,1-2,6-10H2,3H3. The Balaban J connectivity index is 3.47. The van der Waals surface area contributed by atoms with Gasteiger partial charge in [-0.2, -0.15) is 0 Å². The molecular formula is C10H20N2. The SMILES string of the molecule is C=CCN(CC=C)CCCNC. The van der Waals surface area contributed by atoms with E-state index in [0.717, 1.165) is 26.2 Å². The van der Waals surface area contributed by atoms with Gasteiger partial charge in [0.15, 0.2) is 0 Å². The zero-order chi connectivity index (χ0) is 9.23. The normalized spacial score (nSPS) is 10.2. The Kier molecular flexibility index (Phi) is 8.07. The van der Waals surface area contributed by atoms with Crippen molar-refractivity contribution in [1.82, 2.24) is 10.2 Å². The molecule has 70 valence electrons. The smallest absolute Gasteiger partial charge is 0.0163 e. The third-order valence-corrected chi connectivity index (χ3v) is 1.68. The predicted octanol–water partition coefficient (Wildman–Crippen LogP) is 1.27. The Hall–Kier alpha value is -0.600. The number of rotatable bonds is 8. The van der Waals surface area contributed by atoms with E-state index in [-0.39, 0.29) is 0 Å². The summed E-state index contributed by atoms with van der Waals surface area (Å²) < 4.78 is 0. The minimum Gasteiger partial charge on any atom is -0.320 e. The molecule has 0 saturated heterocycles. The van der Waals surface area contributed by atoms with Gasteiger partial charge in [-0.3, -0.25) is 4.90 Å². The highest BCUT2D eigenvalue weighted by atomic mass is 15.1. The summed E-state index contributed by atoms with van der Waals surface area (Å²) in [5.41, 5.74) is 0. The topological polar surface area (TPSA) is 15.3 Å². The van der Waals surface area contributed by atoms with Crippen LogP contribution in [0, 0.1) is 0 Å². The van der Waals surface area contributed by atoms with E-state index in [4.69, 9.17) is 0 Å². The maximum atomic E-state index is 3.72. The summed E-state index contributed by atoms with van der Waals surface area (Å²) in [5.74, 6) is 0. The minimum atomic E-state index is 0.954. The van der Waals surface area contributed by atoms with Crippen molar-refractivity contribution >= 4 is 0 Å². The van der Waals surface area contributed by atoms with E-state index >= 15 is 0 Å². The van der Waals surface area contributed by atoms with Crippen LogP contribution in [0.1, 0.15) is 6.42 Å². The lowest BCUT2D eigenvalue weighted by Crippen LogP contribution is -2.27. The van der Waals surface area contributed by atoms with Gasteiger partial charge in [0.1, 0.15) is 0 Å². The lowest BCUT2D eigenvalue weighted by Gasteiger charge is -2.17. The third kappa shape index (κ3) is 6.13. The van der Waals surface area contributed by atoms with Gasteiger partial charge in [-0.25, -0.2) is 0 Å². The van der Waals surface area contributed by atoms with E-state index in [1.54, 1.807) is 0 Å². The zero-order valence-electron chi connectivity index (χ0n) is 8.05. The summed E-state index contributed by atoms with van der Waals surface area (Å²) in [5, 5.41) is 3.13. The monoisotopic (exact) mass is 168 g/mol. The highest BCUT2D eigenvalue weighted by Gasteiger charge is 1.98. The molecule has 2 heteroatoms. The fraction of sp³-hybridized carbons (Fsp3) is 0.600. The Morgan fingerprint density at radius 2 is 1.83 bits per heavy atom. The second-order valence-corrected chi connectivity index (χ2v) is 2.79. The first-order valence-electron chi connectivity index (χ1n) is 4.44. The van der Waals surface area contributed by atoms with E-state index in [1.165, 1.54) is 6.42 Å². The van der Waals surface area contributed by atoms with Gasteiger partial charge in [0.25, 0.3) is 0 Å². The van der Waals surface area contributed by atoms with Crippen molar-refractivity contribution in [2.45, 2.75) is 6.42 Å². The minimum absolute atomic E-state index is 0.954. The molecule has 0 amide bonds. The van der Waals surface area contributed by atoms with Gasteiger partial charge in [-0.05, 0) is 26.6 Å². The molecule has 0 aliphatic heterocycles. The molecule has 0 spiro atoms. The fourth-order valence-electron chi connectivity index (χ4n) is 1.10. The molecule has 2 nitrogen and oxygen atoms in total. The van der Waals surface area contributed by atoms with Gasteiger partial charge in [-0.1, -0.05) is 12.2 Å². The number of hydrogen-bond acceptors (Lipinski definition) is 2. The maximum Gasteiger partial charge on any atom is 0.0163 e. The molecule has 0 aliphatic rings. The molecule has 0 unspecified atom stereocenters. The molecule has 12 heavy (non-hydrogen) atoms. The first-order chi connectivity index (χ1) is 5.85. The molecule has 0 aromatic carbocycles. The molecule has 0 fully saturated rings. The Labute approximate surface area is 76.0 Å². The number of nitrogens with one attached hydrogen (secondary N) is 1. The first-order valence-corrected chi connectivity index (χ1v) is 4.44. The quantitative estimate of drug-likeness (QED) is 0.434. The second kappa shape index (κ2) is 8.50. The zero-order valence-corrected chi connectivity index (χ0v) is 8.05. The number of hydrogen-bond donors (Lipinski definition) is 1. The van der Waals surface area contributed by atoms with Gasteiger partial charge in [-0.15, -0.1) is 13.2 Å². The van der Waals surface area contributed by atoms with Crippen molar-refractivity contribution in [1.29, 1.82) is 0 Å². The molecule has 0 aliphatic carbocycles. The van der Waals surface area contributed by atoms with E-state index in [0.29, 0.717) is 0 Å². The van der Waals surface area contributed by atoms with E-state index < -0.39 is 0 Å². The van der Waals surface area contributed by atoms with Crippen molar-refractivity contribution in [2.24, 2.45) is 0 Å². The highest BCUT2D eigenvalue weighted by molar-refractivity contribution is 4.79. The molecule has 0 radical (unpaired) electrons. The second-order valence-electron chi connectivity index (χ2n) is 2.79. The van der Waals surface area contributed by atoms with Crippen molar-refractivity contribution < 1.29 is 0 Å². The number of nitrogens with zero attached hydrogens (tertiary/aromatic N) is 1. The molecule has 0 aromatic heterocycles. The summed E-state index contributed by atoms with van der Waals surface area (Å²) in [4.78, 5) is 2.32. The lowest BCUT2D eigenvalue weighted by atomic mass is 10.3. The van der Waals surface area contributed by atoms with Crippen LogP contribution in [0.4, 0.5) is 0 Å². The van der Waals surface area contributed by atoms with Crippen LogP contribution in [0.25, 0.3) is 0 Å². The lowest BCUT2D eigenvalue weighted by molar-refractivity contribution is 0.329. The van der Waals surface area contributed by atoms with E-state index in [2.05, 4.69) is 23.4 Å². The van der Waals surface area contributed by atoms with Crippen LogP contribution < -0.4 is 5.32 Å². The molecule has 0 bridgehead atoms. The van der Waals surface area contributed by atoms with Gasteiger partial charge >= 0.3 is 0 Å². The van der Waals surface area contributed by atoms with Crippen LogP contribution in [-0.2, 0) is 0 Å².